The molecule has 0 spiro atoms. The number of rotatable bonds is 1. The summed E-state index contributed by atoms with van der Waals surface area (Å²) >= 11 is 0. The van der Waals surface area contributed by atoms with Gasteiger partial charge in [0.05, 0.1) is 11.9 Å². The number of pyridine rings is 1. The predicted octanol–water partition coefficient (Wildman–Crippen LogP) is 1.50. The van der Waals surface area contributed by atoms with Crippen LogP contribution in [0.2, 0.25) is 0 Å². The van der Waals surface area contributed by atoms with E-state index < -0.39 is 11.8 Å². The van der Waals surface area contributed by atoms with Crippen molar-refractivity contribution in [2.75, 3.05) is 5.32 Å². The first-order chi connectivity index (χ1) is 7.27. The Kier molecular flexibility index (Phi) is 2.40. The molecule has 0 fully saturated rings. The number of nitrogens with zero attached hydrogens (tertiary/aromatic N) is 3. The standard InChI is InChI=1S/C9H7FN4O/c10-7-5-11-2-1-8(7)13-9(15)14-4-3-12-6-14/h1-6H,(H,11,13,15). The summed E-state index contributed by atoms with van der Waals surface area (Å²) in [5.41, 5.74) is 0.0868. The van der Waals surface area contributed by atoms with E-state index >= 15 is 0 Å². The smallest absolute Gasteiger partial charge is 0.304 e. The molecule has 0 saturated heterocycles. The second-order valence-electron chi connectivity index (χ2n) is 2.76. The van der Waals surface area contributed by atoms with Crippen molar-refractivity contribution in [2.45, 2.75) is 0 Å². The van der Waals surface area contributed by atoms with Crippen LogP contribution in [0.25, 0.3) is 0 Å². The van der Waals surface area contributed by atoms with Crippen LogP contribution in [0.5, 0.6) is 0 Å². The van der Waals surface area contributed by atoms with Crippen molar-refractivity contribution in [3.8, 4) is 0 Å². The lowest BCUT2D eigenvalue weighted by Crippen LogP contribution is -2.18. The molecule has 2 aromatic heterocycles. The minimum absolute atomic E-state index is 0.0868. The Hall–Kier alpha value is -2.24. The van der Waals surface area contributed by atoms with Gasteiger partial charge in [-0.05, 0) is 6.07 Å². The second kappa shape index (κ2) is 3.87. The van der Waals surface area contributed by atoms with Gasteiger partial charge in [0.1, 0.15) is 6.33 Å². The number of amides is 1. The fourth-order valence-corrected chi connectivity index (χ4v) is 1.04. The molecule has 0 aromatic carbocycles. The molecule has 6 heteroatoms. The molecule has 0 aliphatic rings. The van der Waals surface area contributed by atoms with Crippen LogP contribution >= 0.6 is 0 Å². The van der Waals surface area contributed by atoms with Crippen LogP contribution in [0.4, 0.5) is 14.9 Å². The Morgan fingerprint density at radius 1 is 1.40 bits per heavy atom. The van der Waals surface area contributed by atoms with E-state index in [0.717, 1.165) is 6.20 Å². The van der Waals surface area contributed by atoms with Crippen LogP contribution in [0.1, 0.15) is 0 Å². The van der Waals surface area contributed by atoms with Crippen molar-refractivity contribution in [2.24, 2.45) is 0 Å². The van der Waals surface area contributed by atoms with Gasteiger partial charge in [0.15, 0.2) is 5.82 Å². The molecule has 2 aromatic rings. The van der Waals surface area contributed by atoms with Crippen molar-refractivity contribution in [1.29, 1.82) is 0 Å². The molecule has 1 amide bonds. The molecule has 0 radical (unpaired) electrons. The maximum atomic E-state index is 13.1. The largest absolute Gasteiger partial charge is 0.331 e. The lowest BCUT2D eigenvalue weighted by molar-refractivity contribution is 0.253. The predicted molar refractivity (Wildman–Crippen MR) is 50.8 cm³/mol. The molecule has 2 heterocycles. The minimum Gasteiger partial charge on any atom is -0.304 e. The third kappa shape index (κ3) is 1.98. The molecule has 5 nitrogen and oxygen atoms in total. The highest BCUT2D eigenvalue weighted by Gasteiger charge is 2.07. The van der Waals surface area contributed by atoms with Crippen LogP contribution in [-0.2, 0) is 0 Å². The lowest BCUT2D eigenvalue weighted by atomic mass is 10.4. The first kappa shape index (κ1) is 9.32. The van der Waals surface area contributed by atoms with Crippen molar-refractivity contribution >= 4 is 11.7 Å². The molecule has 0 aliphatic heterocycles. The Bertz CT molecular complexity index is 469. The van der Waals surface area contributed by atoms with E-state index in [1.807, 2.05) is 0 Å². The van der Waals surface area contributed by atoms with Gasteiger partial charge in [0.2, 0.25) is 0 Å². The third-order valence-corrected chi connectivity index (χ3v) is 1.75. The number of anilines is 1. The summed E-state index contributed by atoms with van der Waals surface area (Å²) in [5, 5.41) is 2.38. The van der Waals surface area contributed by atoms with E-state index in [1.54, 1.807) is 0 Å². The lowest BCUT2D eigenvalue weighted by Gasteiger charge is -2.04. The Morgan fingerprint density at radius 2 is 2.27 bits per heavy atom. The Balaban J connectivity index is 2.17. The first-order valence-electron chi connectivity index (χ1n) is 4.16. The van der Waals surface area contributed by atoms with Gasteiger partial charge in [-0.3, -0.25) is 9.55 Å². The minimum atomic E-state index is -0.578. The van der Waals surface area contributed by atoms with Crippen molar-refractivity contribution in [3.05, 3.63) is 43.0 Å². The number of carbonyl (C=O) groups is 1. The highest BCUT2D eigenvalue weighted by atomic mass is 19.1. The van der Waals surface area contributed by atoms with E-state index in [9.17, 15) is 9.18 Å². The second-order valence-corrected chi connectivity index (χ2v) is 2.76. The highest BCUT2D eigenvalue weighted by Crippen LogP contribution is 2.10. The first-order valence-corrected chi connectivity index (χ1v) is 4.16. The van der Waals surface area contributed by atoms with Gasteiger partial charge in [0, 0.05) is 18.6 Å². The normalized spacial score (nSPS) is 9.93. The Labute approximate surface area is 84.6 Å². The molecule has 1 N–H and O–H groups in total. The molecule has 0 atom stereocenters. The van der Waals surface area contributed by atoms with Gasteiger partial charge in [-0.25, -0.2) is 14.2 Å². The number of aromatic nitrogens is 3. The van der Waals surface area contributed by atoms with Gasteiger partial charge in [-0.15, -0.1) is 0 Å². The van der Waals surface area contributed by atoms with Gasteiger partial charge >= 0.3 is 6.03 Å². The monoisotopic (exact) mass is 206 g/mol. The van der Waals surface area contributed by atoms with Crippen molar-refractivity contribution in [3.63, 3.8) is 0 Å². The van der Waals surface area contributed by atoms with E-state index in [0.29, 0.717) is 0 Å². The summed E-state index contributed by atoms with van der Waals surface area (Å²) in [5.74, 6) is -0.578. The molecule has 0 aliphatic carbocycles. The Morgan fingerprint density at radius 3 is 2.93 bits per heavy atom. The van der Waals surface area contributed by atoms with E-state index in [4.69, 9.17) is 0 Å². The van der Waals surface area contributed by atoms with Gasteiger partial charge in [-0.2, -0.15) is 0 Å². The van der Waals surface area contributed by atoms with Crippen LogP contribution < -0.4 is 5.32 Å². The number of nitrogens with one attached hydrogen (secondary N) is 1. The molecule has 2 rings (SSSR count). The SMILES string of the molecule is O=C(Nc1ccncc1F)n1ccnc1. The van der Waals surface area contributed by atoms with E-state index in [2.05, 4.69) is 15.3 Å². The fourth-order valence-electron chi connectivity index (χ4n) is 1.04. The molecule has 0 unspecified atom stereocenters. The average molecular weight is 206 g/mol. The summed E-state index contributed by atoms with van der Waals surface area (Å²) < 4.78 is 14.3. The van der Waals surface area contributed by atoms with Crippen LogP contribution in [0.15, 0.2) is 37.2 Å². The quantitative estimate of drug-likeness (QED) is 0.769. The summed E-state index contributed by atoms with van der Waals surface area (Å²) in [7, 11) is 0. The zero-order valence-corrected chi connectivity index (χ0v) is 7.59. The van der Waals surface area contributed by atoms with Crippen molar-refractivity contribution < 1.29 is 9.18 Å². The van der Waals surface area contributed by atoms with E-state index in [-0.39, 0.29) is 5.69 Å². The number of hydrogen-bond donors (Lipinski definition) is 1. The maximum absolute atomic E-state index is 13.1. The zero-order valence-electron chi connectivity index (χ0n) is 7.59. The zero-order chi connectivity index (χ0) is 10.7. The summed E-state index contributed by atoms with van der Waals surface area (Å²) in [4.78, 5) is 18.7. The fraction of sp³-hybridized carbons (Fsp3) is 0. The molecule has 15 heavy (non-hydrogen) atoms. The van der Waals surface area contributed by atoms with Crippen molar-refractivity contribution in [1.82, 2.24) is 14.5 Å². The summed E-state index contributed by atoms with van der Waals surface area (Å²) in [6.07, 6.45) is 6.68. The average Bonchev–Trinajstić information content (AvgIpc) is 2.74. The molecular weight excluding hydrogens is 199 g/mol. The van der Waals surface area contributed by atoms with Crippen LogP contribution in [0, 0.1) is 5.82 Å². The van der Waals surface area contributed by atoms with E-state index in [1.165, 1.54) is 35.6 Å². The summed E-state index contributed by atoms with van der Waals surface area (Å²) in [6, 6.07) is 0.905. The number of imidazole rings is 1. The number of halogens is 1. The molecule has 0 saturated carbocycles. The van der Waals surface area contributed by atoms with Gasteiger partial charge in [0.25, 0.3) is 0 Å². The molecule has 76 valence electrons. The van der Waals surface area contributed by atoms with Crippen LogP contribution in [-0.4, -0.2) is 20.6 Å². The molecule has 0 bridgehead atoms. The number of hydrogen-bond acceptors (Lipinski definition) is 3. The topological polar surface area (TPSA) is 59.8 Å². The molecular formula is C9H7FN4O. The maximum Gasteiger partial charge on any atom is 0.331 e. The third-order valence-electron chi connectivity index (χ3n) is 1.75. The van der Waals surface area contributed by atoms with Crippen LogP contribution in [0.3, 0.4) is 0 Å². The van der Waals surface area contributed by atoms with Gasteiger partial charge in [-0.1, -0.05) is 0 Å². The number of carbonyl (C=O) groups excluding carboxylic acids is 1. The summed E-state index contributed by atoms with van der Waals surface area (Å²) in [6.45, 7) is 0. The van der Waals surface area contributed by atoms with Gasteiger partial charge < -0.3 is 5.32 Å². The highest BCUT2D eigenvalue weighted by molar-refractivity contribution is 5.90.